The number of carbonyl (C=O) groups excluding carboxylic acids is 1. The summed E-state index contributed by atoms with van der Waals surface area (Å²) in [6, 6.07) is 0. The molecule has 1 atom stereocenters. The minimum atomic E-state index is -3.29. The van der Waals surface area contributed by atoms with Crippen molar-refractivity contribution < 1.29 is 18.6 Å². The lowest BCUT2D eigenvalue weighted by atomic mass is 9.97. The maximum Gasteiger partial charge on any atom is 0.336 e. The van der Waals surface area contributed by atoms with Gasteiger partial charge in [-0.15, -0.1) is 0 Å². The topological polar surface area (TPSA) is 55.8 Å². The van der Waals surface area contributed by atoms with Crippen LogP contribution in [0.25, 0.3) is 0 Å². The lowest BCUT2D eigenvalue weighted by Crippen LogP contribution is -2.24. The molecule has 0 aromatic carbocycles. The molecule has 0 radical (unpaired) electrons. The lowest BCUT2D eigenvalue weighted by molar-refractivity contribution is -0.147. The predicted molar refractivity (Wildman–Crippen MR) is 72.2 cm³/mol. The van der Waals surface area contributed by atoms with Crippen LogP contribution in [0.15, 0.2) is 11.1 Å². The van der Waals surface area contributed by atoms with Gasteiger partial charge in [-0.2, -0.15) is 0 Å². The number of allylic oxidation sites excluding steroid dienone is 1. The third kappa shape index (κ3) is 3.94. The van der Waals surface area contributed by atoms with Crippen molar-refractivity contribution in [3.63, 3.8) is 0 Å². The first-order chi connectivity index (χ1) is 7.96. The van der Waals surface area contributed by atoms with Gasteiger partial charge in [0.1, 0.15) is 0 Å². The van der Waals surface area contributed by atoms with Crippen molar-refractivity contribution in [1.29, 1.82) is 0 Å². The second kappa shape index (κ2) is 6.00. The predicted octanol–water partition coefficient (Wildman–Crippen LogP) is 3.23. The molecule has 0 saturated heterocycles. The van der Waals surface area contributed by atoms with Crippen LogP contribution in [-0.4, -0.2) is 31.8 Å². The van der Waals surface area contributed by atoms with E-state index in [0.29, 0.717) is 5.57 Å². The Morgan fingerprint density at radius 1 is 1.17 bits per heavy atom. The first-order valence-electron chi connectivity index (χ1n) is 5.70. The van der Waals surface area contributed by atoms with E-state index in [4.69, 9.17) is 9.26 Å². The Hall–Kier alpha value is -0.640. The molecule has 0 spiro atoms. The van der Waals surface area contributed by atoms with Gasteiger partial charge in [0.05, 0.1) is 5.41 Å². The number of esters is 1. The largest absolute Gasteiger partial charge is 0.419 e. The molecule has 0 aliphatic heterocycles. The van der Waals surface area contributed by atoms with Gasteiger partial charge in [-0.25, -0.2) is 4.67 Å². The van der Waals surface area contributed by atoms with E-state index in [2.05, 4.69) is 0 Å². The molecule has 6 heteroatoms. The molecule has 0 aliphatic carbocycles. The van der Waals surface area contributed by atoms with Crippen molar-refractivity contribution in [1.82, 2.24) is 4.67 Å². The van der Waals surface area contributed by atoms with Crippen LogP contribution in [-0.2, 0) is 18.6 Å². The molecule has 5 nitrogen and oxygen atoms in total. The summed E-state index contributed by atoms with van der Waals surface area (Å²) in [4.78, 5) is 11.9. The number of carbonyl (C=O) groups is 1. The third-order valence-electron chi connectivity index (χ3n) is 2.26. The van der Waals surface area contributed by atoms with Gasteiger partial charge in [-0.3, -0.25) is 9.36 Å². The molecule has 0 aromatic heterocycles. The first-order valence-corrected chi connectivity index (χ1v) is 7.28. The van der Waals surface area contributed by atoms with Crippen LogP contribution in [0.4, 0.5) is 0 Å². The Balaban J connectivity index is 5.47. The highest BCUT2D eigenvalue weighted by molar-refractivity contribution is 7.60. The zero-order chi connectivity index (χ0) is 14.7. The molecule has 1 unspecified atom stereocenters. The SMILES string of the molecule is COP(=O)(C(OC(=O)C(C)(C)C)=C(C)C)N(C)C. The highest BCUT2D eigenvalue weighted by atomic mass is 31.2. The number of ether oxygens (including phenoxy) is 1. The van der Waals surface area contributed by atoms with Crippen molar-refractivity contribution in [3.8, 4) is 0 Å². The van der Waals surface area contributed by atoms with Crippen LogP contribution in [0.2, 0.25) is 0 Å². The summed E-state index contributed by atoms with van der Waals surface area (Å²) in [6.07, 6.45) is 0. The van der Waals surface area contributed by atoms with Gasteiger partial charge in [-0.05, 0) is 54.3 Å². The van der Waals surface area contributed by atoms with E-state index in [0.717, 1.165) is 0 Å². The molecule has 0 rings (SSSR count). The molecular formula is C12H24NO4P. The van der Waals surface area contributed by atoms with E-state index in [1.807, 2.05) is 0 Å². The van der Waals surface area contributed by atoms with Gasteiger partial charge in [0.25, 0.3) is 0 Å². The second-order valence-corrected chi connectivity index (χ2v) is 8.11. The molecular weight excluding hydrogens is 253 g/mol. The zero-order valence-electron chi connectivity index (χ0n) is 12.5. The van der Waals surface area contributed by atoms with Gasteiger partial charge in [0, 0.05) is 7.11 Å². The van der Waals surface area contributed by atoms with Crippen LogP contribution < -0.4 is 0 Å². The molecule has 0 N–H and O–H groups in total. The average molecular weight is 277 g/mol. The minimum Gasteiger partial charge on any atom is -0.419 e. The van der Waals surface area contributed by atoms with Crippen molar-refractivity contribution in [2.75, 3.05) is 21.2 Å². The van der Waals surface area contributed by atoms with Gasteiger partial charge in [0.15, 0.2) is 0 Å². The summed E-state index contributed by atoms with van der Waals surface area (Å²) in [5.41, 5.74) is 0.104. The summed E-state index contributed by atoms with van der Waals surface area (Å²) >= 11 is 0. The van der Waals surface area contributed by atoms with E-state index in [1.54, 1.807) is 48.7 Å². The van der Waals surface area contributed by atoms with Crippen molar-refractivity contribution >= 4 is 13.5 Å². The normalized spacial score (nSPS) is 15.2. The molecule has 0 aromatic rings. The maximum atomic E-state index is 12.7. The maximum absolute atomic E-state index is 12.7. The van der Waals surface area contributed by atoms with Crippen LogP contribution in [0.3, 0.4) is 0 Å². The standard InChI is InChI=1S/C12H24NO4P/c1-9(2)10(17-11(14)12(3,4)5)18(15,16-8)13(6)7/h1-8H3. The second-order valence-electron chi connectivity index (χ2n) is 5.49. The Morgan fingerprint density at radius 3 is 1.83 bits per heavy atom. The Bertz CT molecular complexity index is 389. The van der Waals surface area contributed by atoms with E-state index in [-0.39, 0.29) is 5.50 Å². The molecule has 0 fully saturated rings. The average Bonchev–Trinajstić information content (AvgIpc) is 2.22. The molecule has 0 bridgehead atoms. The number of nitrogens with zero attached hydrogens (tertiary/aromatic N) is 1. The fraction of sp³-hybridized carbons (Fsp3) is 0.750. The fourth-order valence-corrected chi connectivity index (χ4v) is 2.73. The third-order valence-corrected chi connectivity index (χ3v) is 4.86. The minimum absolute atomic E-state index is 0.106. The van der Waals surface area contributed by atoms with Gasteiger partial charge < -0.3 is 9.26 Å². The lowest BCUT2D eigenvalue weighted by Gasteiger charge is -2.27. The number of hydrogen-bond donors (Lipinski definition) is 0. The van der Waals surface area contributed by atoms with Gasteiger partial charge >= 0.3 is 13.5 Å². The number of hydrogen-bond acceptors (Lipinski definition) is 4. The quantitative estimate of drug-likeness (QED) is 0.448. The molecule has 18 heavy (non-hydrogen) atoms. The van der Waals surface area contributed by atoms with E-state index in [1.165, 1.54) is 11.8 Å². The summed E-state index contributed by atoms with van der Waals surface area (Å²) in [5.74, 6) is -0.433. The Morgan fingerprint density at radius 2 is 1.61 bits per heavy atom. The molecule has 106 valence electrons. The van der Waals surface area contributed by atoms with Crippen molar-refractivity contribution in [3.05, 3.63) is 11.1 Å². The van der Waals surface area contributed by atoms with E-state index in [9.17, 15) is 9.36 Å². The summed E-state index contributed by atoms with van der Waals surface area (Å²) < 4.78 is 24.5. The molecule has 0 saturated carbocycles. The summed E-state index contributed by atoms with van der Waals surface area (Å²) in [5, 5.41) is 0. The van der Waals surface area contributed by atoms with E-state index < -0.39 is 18.9 Å². The van der Waals surface area contributed by atoms with Crippen LogP contribution in [0.5, 0.6) is 0 Å². The highest BCUT2D eigenvalue weighted by Gasteiger charge is 2.37. The summed E-state index contributed by atoms with van der Waals surface area (Å²) in [6.45, 7) is 8.70. The van der Waals surface area contributed by atoms with Crippen LogP contribution >= 0.6 is 7.52 Å². The smallest absolute Gasteiger partial charge is 0.336 e. The van der Waals surface area contributed by atoms with Crippen LogP contribution in [0.1, 0.15) is 34.6 Å². The Kier molecular flexibility index (Phi) is 5.79. The zero-order valence-corrected chi connectivity index (χ0v) is 13.4. The summed E-state index contributed by atoms with van der Waals surface area (Å²) in [7, 11) is 1.30. The van der Waals surface area contributed by atoms with Crippen LogP contribution in [0, 0.1) is 5.41 Å². The van der Waals surface area contributed by atoms with E-state index >= 15 is 0 Å². The fourth-order valence-electron chi connectivity index (χ4n) is 1.11. The first kappa shape index (κ1) is 17.4. The monoisotopic (exact) mass is 277 g/mol. The molecule has 0 heterocycles. The molecule has 0 aliphatic rings. The van der Waals surface area contributed by atoms with Crippen molar-refractivity contribution in [2.24, 2.45) is 5.41 Å². The van der Waals surface area contributed by atoms with Crippen molar-refractivity contribution in [2.45, 2.75) is 34.6 Å². The van der Waals surface area contributed by atoms with Gasteiger partial charge in [0.2, 0.25) is 5.50 Å². The highest BCUT2D eigenvalue weighted by Crippen LogP contribution is 2.57. The van der Waals surface area contributed by atoms with Gasteiger partial charge in [-0.1, -0.05) is 0 Å². The Labute approximate surface area is 110 Å². The number of rotatable bonds is 4. The molecule has 0 amide bonds.